The number of carbonyl (C=O) groups is 2. The van der Waals surface area contributed by atoms with Gasteiger partial charge in [-0.05, 0) is 31.9 Å². The van der Waals surface area contributed by atoms with Crippen molar-refractivity contribution in [3.63, 3.8) is 0 Å². The summed E-state index contributed by atoms with van der Waals surface area (Å²) in [6, 6.07) is 7.27. The molecule has 0 unspecified atom stereocenters. The highest BCUT2D eigenvalue weighted by atomic mass is 16.5. The molecule has 30 heavy (non-hydrogen) atoms. The lowest BCUT2D eigenvalue weighted by Gasteiger charge is -2.21. The average molecular weight is 418 g/mol. The van der Waals surface area contributed by atoms with Crippen LogP contribution in [0.2, 0.25) is 0 Å². The van der Waals surface area contributed by atoms with Crippen LogP contribution in [-0.2, 0) is 16.0 Å². The molecule has 0 saturated carbocycles. The summed E-state index contributed by atoms with van der Waals surface area (Å²) in [5.41, 5.74) is 1.99. The van der Waals surface area contributed by atoms with Crippen LogP contribution in [-0.4, -0.2) is 62.3 Å². The summed E-state index contributed by atoms with van der Waals surface area (Å²) < 4.78 is 15.5. The quantitative estimate of drug-likeness (QED) is 0.514. The number of oxazole rings is 1. The molecule has 0 saturated heterocycles. The van der Waals surface area contributed by atoms with Crippen LogP contribution in [0.25, 0.3) is 0 Å². The molecule has 0 atom stereocenters. The summed E-state index contributed by atoms with van der Waals surface area (Å²) in [7, 11) is 3.22. The van der Waals surface area contributed by atoms with Crippen LogP contribution in [0.1, 0.15) is 34.8 Å². The number of aromatic nitrogens is 1. The maximum absolute atomic E-state index is 12.8. The van der Waals surface area contributed by atoms with E-state index in [9.17, 15) is 9.59 Å². The average Bonchev–Trinajstić information content (AvgIpc) is 3.21. The molecule has 0 aliphatic heterocycles. The number of methoxy groups -OCH3 is 2. The third-order valence-electron chi connectivity index (χ3n) is 4.29. The molecule has 0 aliphatic rings. The van der Waals surface area contributed by atoms with Crippen molar-refractivity contribution in [2.24, 2.45) is 0 Å². The fourth-order valence-electron chi connectivity index (χ4n) is 2.65. The Bertz CT molecular complexity index is 791. The number of amides is 3. The first-order valence-corrected chi connectivity index (χ1v) is 9.86. The number of rotatable bonds is 12. The Balaban J connectivity index is 1.98. The first-order chi connectivity index (χ1) is 14.5. The summed E-state index contributed by atoms with van der Waals surface area (Å²) in [5, 5.41) is 5.62. The molecule has 0 aliphatic carbocycles. The van der Waals surface area contributed by atoms with E-state index in [2.05, 4.69) is 15.6 Å². The van der Waals surface area contributed by atoms with Crippen LogP contribution in [0.3, 0.4) is 0 Å². The third-order valence-corrected chi connectivity index (χ3v) is 4.29. The van der Waals surface area contributed by atoms with Crippen molar-refractivity contribution in [3.8, 4) is 0 Å². The summed E-state index contributed by atoms with van der Waals surface area (Å²) >= 11 is 0. The first-order valence-electron chi connectivity index (χ1n) is 9.86. The molecule has 1 aromatic heterocycles. The lowest BCUT2D eigenvalue weighted by atomic mass is 10.2. The number of anilines is 1. The molecule has 0 radical (unpaired) electrons. The molecule has 164 valence electrons. The fourth-order valence-corrected chi connectivity index (χ4v) is 2.65. The largest absolute Gasteiger partial charge is 0.446 e. The number of nitrogens with zero attached hydrogens (tertiary/aromatic N) is 2. The van der Waals surface area contributed by atoms with Crippen LogP contribution < -0.4 is 10.6 Å². The number of aryl methyl sites for hydroxylation is 1. The van der Waals surface area contributed by atoms with Crippen molar-refractivity contribution in [1.29, 1.82) is 0 Å². The van der Waals surface area contributed by atoms with Gasteiger partial charge in [0.1, 0.15) is 6.26 Å². The Morgan fingerprint density at radius 2 is 1.80 bits per heavy atom. The summed E-state index contributed by atoms with van der Waals surface area (Å²) in [5.74, 6) is -0.0374. The van der Waals surface area contributed by atoms with E-state index in [4.69, 9.17) is 13.9 Å². The molecule has 1 heterocycles. The lowest BCUT2D eigenvalue weighted by Crippen LogP contribution is -2.36. The smallest absolute Gasteiger partial charge is 0.322 e. The normalized spacial score (nSPS) is 10.6. The lowest BCUT2D eigenvalue weighted by molar-refractivity contribution is 0.0943. The van der Waals surface area contributed by atoms with Gasteiger partial charge in [-0.15, -0.1) is 0 Å². The zero-order chi connectivity index (χ0) is 21.8. The van der Waals surface area contributed by atoms with Crippen LogP contribution in [0.5, 0.6) is 0 Å². The van der Waals surface area contributed by atoms with E-state index < -0.39 is 0 Å². The van der Waals surface area contributed by atoms with Crippen molar-refractivity contribution in [3.05, 3.63) is 47.7 Å². The second-order valence-corrected chi connectivity index (χ2v) is 6.79. The van der Waals surface area contributed by atoms with E-state index in [1.165, 1.54) is 6.26 Å². The molecular weight excluding hydrogens is 388 g/mol. The maximum Gasteiger partial charge on any atom is 0.322 e. The van der Waals surface area contributed by atoms with Gasteiger partial charge in [-0.25, -0.2) is 9.78 Å². The molecule has 9 heteroatoms. The number of nitrogens with one attached hydrogen (secondary N) is 2. The minimum Gasteiger partial charge on any atom is -0.446 e. The number of benzene rings is 1. The monoisotopic (exact) mass is 418 g/mol. The van der Waals surface area contributed by atoms with Crippen LogP contribution >= 0.6 is 0 Å². The second-order valence-electron chi connectivity index (χ2n) is 6.79. The van der Waals surface area contributed by atoms with Gasteiger partial charge in [-0.2, -0.15) is 0 Å². The van der Waals surface area contributed by atoms with Gasteiger partial charge in [0.2, 0.25) is 5.89 Å². The predicted molar refractivity (Wildman–Crippen MR) is 112 cm³/mol. The molecule has 3 amide bonds. The zero-order valence-electron chi connectivity index (χ0n) is 17.8. The maximum atomic E-state index is 12.8. The van der Waals surface area contributed by atoms with Gasteiger partial charge in [0, 0.05) is 46.2 Å². The Kier molecular flexibility index (Phi) is 9.82. The number of hydrogen-bond acceptors (Lipinski definition) is 6. The highest BCUT2D eigenvalue weighted by Crippen LogP contribution is 2.12. The van der Waals surface area contributed by atoms with Crippen molar-refractivity contribution >= 4 is 17.6 Å². The van der Waals surface area contributed by atoms with Crippen LogP contribution in [0.4, 0.5) is 10.5 Å². The van der Waals surface area contributed by atoms with E-state index in [-0.39, 0.29) is 30.1 Å². The molecule has 2 rings (SSSR count). The Labute approximate surface area is 176 Å². The number of carbonyl (C=O) groups excluding carboxylic acids is 2. The minimum absolute atomic E-state index is 0.137. The SMILES string of the molecule is COCCCNC(=O)c1coc(CN(CCCOC)C(=O)Nc2ccc(C)cc2)n1. The van der Waals surface area contributed by atoms with Crippen molar-refractivity contribution in [1.82, 2.24) is 15.2 Å². The van der Waals surface area contributed by atoms with E-state index in [0.29, 0.717) is 44.8 Å². The highest BCUT2D eigenvalue weighted by molar-refractivity contribution is 5.92. The van der Waals surface area contributed by atoms with E-state index in [1.807, 2.05) is 31.2 Å². The van der Waals surface area contributed by atoms with Gasteiger partial charge in [0.05, 0.1) is 6.54 Å². The van der Waals surface area contributed by atoms with Crippen molar-refractivity contribution < 1.29 is 23.5 Å². The van der Waals surface area contributed by atoms with Gasteiger partial charge < -0.3 is 29.4 Å². The molecule has 9 nitrogen and oxygen atoms in total. The zero-order valence-corrected chi connectivity index (χ0v) is 17.8. The standard InChI is InChI=1S/C21H30N4O5/c1-16-6-8-17(9-7-16)23-21(27)25(11-5-13-29-3)14-19-24-18(15-30-19)20(26)22-10-4-12-28-2/h6-9,15H,4-5,10-14H2,1-3H3,(H,22,26)(H,23,27). The molecule has 1 aromatic carbocycles. The van der Waals surface area contributed by atoms with Crippen LogP contribution in [0.15, 0.2) is 34.9 Å². The summed E-state index contributed by atoms with van der Waals surface area (Å²) in [6.07, 6.45) is 2.66. The van der Waals surface area contributed by atoms with Gasteiger partial charge in [-0.3, -0.25) is 4.79 Å². The highest BCUT2D eigenvalue weighted by Gasteiger charge is 2.19. The molecule has 0 fully saturated rings. The fraction of sp³-hybridized carbons (Fsp3) is 0.476. The Morgan fingerprint density at radius 3 is 2.50 bits per heavy atom. The summed E-state index contributed by atoms with van der Waals surface area (Å²) in [6.45, 7) is 4.14. The molecular formula is C21H30N4O5. The Morgan fingerprint density at radius 1 is 1.10 bits per heavy atom. The molecule has 2 aromatic rings. The van der Waals surface area contributed by atoms with Gasteiger partial charge in [-0.1, -0.05) is 17.7 Å². The number of ether oxygens (including phenoxy) is 2. The van der Waals surface area contributed by atoms with Gasteiger partial charge in [0.25, 0.3) is 5.91 Å². The topological polar surface area (TPSA) is 106 Å². The first kappa shape index (κ1) is 23.4. The number of hydrogen-bond donors (Lipinski definition) is 2. The van der Waals surface area contributed by atoms with E-state index in [1.54, 1.807) is 19.1 Å². The van der Waals surface area contributed by atoms with Gasteiger partial charge in [0.15, 0.2) is 5.69 Å². The molecule has 0 bridgehead atoms. The van der Waals surface area contributed by atoms with Crippen molar-refractivity contribution in [2.45, 2.75) is 26.3 Å². The van der Waals surface area contributed by atoms with E-state index in [0.717, 1.165) is 5.56 Å². The molecule has 0 spiro atoms. The third kappa shape index (κ3) is 7.84. The second kappa shape index (κ2) is 12.6. The van der Waals surface area contributed by atoms with Crippen molar-refractivity contribution in [2.75, 3.05) is 45.8 Å². The summed E-state index contributed by atoms with van der Waals surface area (Å²) in [4.78, 5) is 30.7. The number of urea groups is 1. The van der Waals surface area contributed by atoms with Gasteiger partial charge >= 0.3 is 6.03 Å². The predicted octanol–water partition coefficient (Wildman–Crippen LogP) is 2.82. The molecule has 2 N–H and O–H groups in total. The van der Waals surface area contributed by atoms with E-state index >= 15 is 0 Å². The Hall–Kier alpha value is -2.91. The minimum atomic E-state index is -0.323. The van der Waals surface area contributed by atoms with Crippen LogP contribution in [0, 0.1) is 6.92 Å².